The average molecular weight is 279 g/mol. The molecule has 1 saturated carbocycles. The summed E-state index contributed by atoms with van der Waals surface area (Å²) in [6.07, 6.45) is 2.07. The Morgan fingerprint density at radius 2 is 2.25 bits per heavy atom. The molecule has 3 unspecified atom stereocenters. The molecule has 0 aromatic carbocycles. The zero-order chi connectivity index (χ0) is 14.9. The summed E-state index contributed by atoms with van der Waals surface area (Å²) in [7, 11) is 0. The topological polar surface area (TPSA) is 62.5 Å². The molecule has 3 atom stereocenters. The van der Waals surface area contributed by atoms with Gasteiger partial charge in [0.2, 0.25) is 5.91 Å². The second-order valence-corrected chi connectivity index (χ2v) is 6.86. The number of hydrogen-bond acceptors (Lipinski definition) is 3. The van der Waals surface area contributed by atoms with Crippen molar-refractivity contribution >= 4 is 5.91 Å². The van der Waals surface area contributed by atoms with E-state index in [9.17, 15) is 9.90 Å². The fourth-order valence-electron chi connectivity index (χ4n) is 2.75. The number of carbonyl (C=O) groups excluding carboxylic acids is 1. The maximum atomic E-state index is 12.1. The lowest BCUT2D eigenvalue weighted by molar-refractivity contribution is -0.123. The molecule has 2 N–H and O–H groups in total. The van der Waals surface area contributed by atoms with E-state index in [0.717, 1.165) is 12.2 Å². The van der Waals surface area contributed by atoms with E-state index in [1.54, 1.807) is 6.26 Å². The number of nitrogens with one attached hydrogen (secondary N) is 1. The molecule has 112 valence electrons. The van der Waals surface area contributed by atoms with Crippen molar-refractivity contribution in [3.05, 3.63) is 24.2 Å². The van der Waals surface area contributed by atoms with Gasteiger partial charge in [-0.25, -0.2) is 0 Å². The Labute approximate surface area is 120 Å². The van der Waals surface area contributed by atoms with Crippen LogP contribution in [-0.4, -0.2) is 23.7 Å². The Morgan fingerprint density at radius 3 is 2.80 bits per heavy atom. The third-order valence-corrected chi connectivity index (χ3v) is 4.19. The second kappa shape index (κ2) is 5.60. The molecular formula is C16H25NO3. The van der Waals surface area contributed by atoms with Gasteiger partial charge in [0.25, 0.3) is 0 Å². The molecule has 0 spiro atoms. The Bertz CT molecular complexity index is 450. The first-order chi connectivity index (χ1) is 9.33. The van der Waals surface area contributed by atoms with Crippen LogP contribution in [0.25, 0.3) is 0 Å². The van der Waals surface area contributed by atoms with Gasteiger partial charge in [0.1, 0.15) is 5.76 Å². The molecule has 0 bridgehead atoms. The Balaban J connectivity index is 1.82. The second-order valence-electron chi connectivity index (χ2n) is 6.86. The zero-order valence-corrected chi connectivity index (χ0v) is 12.7. The molecule has 20 heavy (non-hydrogen) atoms. The summed E-state index contributed by atoms with van der Waals surface area (Å²) >= 11 is 0. The molecule has 1 amide bonds. The SMILES string of the molecule is CC(C)C(O)C(C)(C)CNC(=O)C1CC1c1ccco1. The highest BCUT2D eigenvalue weighted by atomic mass is 16.3. The highest BCUT2D eigenvalue weighted by molar-refractivity contribution is 5.82. The molecule has 0 saturated heterocycles. The summed E-state index contributed by atoms with van der Waals surface area (Å²) in [4.78, 5) is 12.1. The first-order valence-corrected chi connectivity index (χ1v) is 7.32. The summed E-state index contributed by atoms with van der Waals surface area (Å²) in [6, 6.07) is 3.77. The molecule has 1 fully saturated rings. The first kappa shape index (κ1) is 15.1. The predicted octanol–water partition coefficient (Wildman–Crippen LogP) is 2.54. The third kappa shape index (κ3) is 3.23. The molecule has 0 radical (unpaired) electrons. The van der Waals surface area contributed by atoms with Gasteiger partial charge in [-0.3, -0.25) is 4.79 Å². The van der Waals surface area contributed by atoms with Gasteiger partial charge in [0.15, 0.2) is 0 Å². The molecule has 4 heteroatoms. The summed E-state index contributed by atoms with van der Waals surface area (Å²) < 4.78 is 5.33. The van der Waals surface area contributed by atoms with Gasteiger partial charge in [0.05, 0.1) is 12.4 Å². The minimum Gasteiger partial charge on any atom is -0.469 e. The quantitative estimate of drug-likeness (QED) is 0.841. The van der Waals surface area contributed by atoms with E-state index in [-0.39, 0.29) is 29.1 Å². The van der Waals surface area contributed by atoms with Gasteiger partial charge in [-0.1, -0.05) is 27.7 Å². The third-order valence-electron chi connectivity index (χ3n) is 4.19. The largest absolute Gasteiger partial charge is 0.469 e. The van der Waals surface area contributed by atoms with Crippen molar-refractivity contribution in [2.45, 2.75) is 46.1 Å². The average Bonchev–Trinajstić information content (AvgIpc) is 3.01. The van der Waals surface area contributed by atoms with E-state index in [2.05, 4.69) is 5.32 Å². The lowest BCUT2D eigenvalue weighted by Gasteiger charge is -2.33. The summed E-state index contributed by atoms with van der Waals surface area (Å²) in [5.41, 5.74) is -0.321. The molecule has 1 aliphatic rings. The van der Waals surface area contributed by atoms with Crippen molar-refractivity contribution in [3.8, 4) is 0 Å². The van der Waals surface area contributed by atoms with Crippen molar-refractivity contribution in [1.82, 2.24) is 5.32 Å². The molecular weight excluding hydrogens is 254 g/mol. The first-order valence-electron chi connectivity index (χ1n) is 7.32. The maximum Gasteiger partial charge on any atom is 0.223 e. The minimum atomic E-state index is -0.428. The van der Waals surface area contributed by atoms with Crippen LogP contribution in [0.1, 0.15) is 45.8 Å². The molecule has 2 rings (SSSR count). The standard InChI is InChI=1S/C16H25NO3/c1-10(2)14(18)16(3,4)9-17-15(19)12-8-11(12)13-6-5-7-20-13/h5-7,10-12,14,18H,8-9H2,1-4H3,(H,17,19). The molecule has 1 heterocycles. The van der Waals surface area contributed by atoms with Crippen LogP contribution in [-0.2, 0) is 4.79 Å². The highest BCUT2D eigenvalue weighted by Crippen LogP contribution is 2.47. The van der Waals surface area contributed by atoms with Crippen LogP contribution >= 0.6 is 0 Å². The predicted molar refractivity (Wildman–Crippen MR) is 77.2 cm³/mol. The fraction of sp³-hybridized carbons (Fsp3) is 0.688. The van der Waals surface area contributed by atoms with E-state index in [1.807, 2.05) is 39.8 Å². The van der Waals surface area contributed by atoms with Gasteiger partial charge < -0.3 is 14.8 Å². The number of aliphatic hydroxyl groups excluding tert-OH is 1. The van der Waals surface area contributed by atoms with Crippen LogP contribution in [0.3, 0.4) is 0 Å². The Morgan fingerprint density at radius 1 is 1.55 bits per heavy atom. The monoisotopic (exact) mass is 279 g/mol. The molecule has 0 aliphatic heterocycles. The number of rotatable bonds is 6. The number of carbonyl (C=O) groups is 1. The normalized spacial score (nSPS) is 23.7. The van der Waals surface area contributed by atoms with Crippen LogP contribution in [0.2, 0.25) is 0 Å². The van der Waals surface area contributed by atoms with Crippen LogP contribution in [0.4, 0.5) is 0 Å². The number of hydrogen-bond donors (Lipinski definition) is 2. The van der Waals surface area contributed by atoms with Crippen molar-refractivity contribution in [2.75, 3.05) is 6.54 Å². The van der Waals surface area contributed by atoms with Crippen LogP contribution in [0, 0.1) is 17.3 Å². The van der Waals surface area contributed by atoms with Crippen LogP contribution in [0.5, 0.6) is 0 Å². The molecule has 4 nitrogen and oxygen atoms in total. The summed E-state index contributed by atoms with van der Waals surface area (Å²) in [5, 5.41) is 13.1. The van der Waals surface area contributed by atoms with Crippen molar-refractivity contribution in [2.24, 2.45) is 17.3 Å². The summed E-state index contributed by atoms with van der Waals surface area (Å²) in [6.45, 7) is 8.43. The van der Waals surface area contributed by atoms with Gasteiger partial charge in [-0.2, -0.15) is 0 Å². The smallest absolute Gasteiger partial charge is 0.223 e. The van der Waals surface area contributed by atoms with Gasteiger partial charge in [-0.05, 0) is 24.5 Å². The Kier molecular flexibility index (Phi) is 4.23. The Hall–Kier alpha value is -1.29. The van der Waals surface area contributed by atoms with E-state index in [1.165, 1.54) is 0 Å². The van der Waals surface area contributed by atoms with Gasteiger partial charge in [-0.15, -0.1) is 0 Å². The lowest BCUT2D eigenvalue weighted by atomic mass is 9.80. The highest BCUT2D eigenvalue weighted by Gasteiger charge is 2.46. The van der Waals surface area contributed by atoms with Gasteiger partial charge in [0, 0.05) is 23.8 Å². The number of furan rings is 1. The molecule has 1 aromatic heterocycles. The van der Waals surface area contributed by atoms with E-state index in [0.29, 0.717) is 6.54 Å². The molecule has 1 aromatic rings. The van der Waals surface area contributed by atoms with E-state index in [4.69, 9.17) is 4.42 Å². The number of amides is 1. The van der Waals surface area contributed by atoms with Crippen molar-refractivity contribution in [1.29, 1.82) is 0 Å². The van der Waals surface area contributed by atoms with Gasteiger partial charge >= 0.3 is 0 Å². The van der Waals surface area contributed by atoms with Crippen molar-refractivity contribution < 1.29 is 14.3 Å². The van der Waals surface area contributed by atoms with Crippen molar-refractivity contribution in [3.63, 3.8) is 0 Å². The minimum absolute atomic E-state index is 0.0214. The van der Waals surface area contributed by atoms with E-state index < -0.39 is 6.10 Å². The van der Waals surface area contributed by atoms with Crippen LogP contribution in [0.15, 0.2) is 22.8 Å². The summed E-state index contributed by atoms with van der Waals surface area (Å²) in [5.74, 6) is 1.39. The number of aliphatic hydroxyl groups is 1. The van der Waals surface area contributed by atoms with E-state index >= 15 is 0 Å². The maximum absolute atomic E-state index is 12.1. The fourth-order valence-corrected chi connectivity index (χ4v) is 2.75. The zero-order valence-electron chi connectivity index (χ0n) is 12.7. The molecule has 1 aliphatic carbocycles. The van der Waals surface area contributed by atoms with Crippen LogP contribution < -0.4 is 5.32 Å². The lowest BCUT2D eigenvalue weighted by Crippen LogP contribution is -2.44.